The summed E-state index contributed by atoms with van der Waals surface area (Å²) in [7, 11) is 5.00. The van der Waals surface area contributed by atoms with Gasteiger partial charge in [0.2, 0.25) is 5.91 Å². The van der Waals surface area contributed by atoms with Gasteiger partial charge in [-0.2, -0.15) is 0 Å². The summed E-state index contributed by atoms with van der Waals surface area (Å²) < 4.78 is 5.10. The number of anilines is 1. The van der Waals surface area contributed by atoms with Gasteiger partial charge in [0, 0.05) is 30.2 Å². The molecule has 0 atom stereocenters. The summed E-state index contributed by atoms with van der Waals surface area (Å²) in [5.74, 6) is 0.855. The monoisotopic (exact) mass is 344 g/mol. The van der Waals surface area contributed by atoms with Crippen LogP contribution in [0.25, 0.3) is 0 Å². The third-order valence-electron chi connectivity index (χ3n) is 3.23. The van der Waals surface area contributed by atoms with Gasteiger partial charge >= 0.3 is 0 Å². The number of carbonyl (C=O) groups excluding carboxylic acids is 2. The summed E-state index contributed by atoms with van der Waals surface area (Å²) in [6, 6.07) is 14.5. The van der Waals surface area contributed by atoms with Gasteiger partial charge in [-0.15, -0.1) is 11.8 Å². The highest BCUT2D eigenvalue weighted by molar-refractivity contribution is 8.00. The van der Waals surface area contributed by atoms with Gasteiger partial charge in [-0.1, -0.05) is 6.07 Å². The van der Waals surface area contributed by atoms with E-state index in [0.717, 1.165) is 10.6 Å². The van der Waals surface area contributed by atoms with Gasteiger partial charge in [-0.25, -0.2) is 0 Å². The van der Waals surface area contributed by atoms with E-state index in [-0.39, 0.29) is 17.6 Å². The summed E-state index contributed by atoms with van der Waals surface area (Å²) in [6.07, 6.45) is 0. The molecule has 2 aromatic carbocycles. The second kappa shape index (κ2) is 8.40. The van der Waals surface area contributed by atoms with Crippen molar-refractivity contribution in [2.75, 3.05) is 32.3 Å². The molecule has 0 aliphatic rings. The number of benzene rings is 2. The molecule has 126 valence electrons. The van der Waals surface area contributed by atoms with E-state index in [1.54, 1.807) is 45.5 Å². The number of ether oxygens (including phenoxy) is 1. The first-order chi connectivity index (χ1) is 11.5. The van der Waals surface area contributed by atoms with Crippen molar-refractivity contribution in [2.24, 2.45) is 0 Å². The number of nitrogens with zero attached hydrogens (tertiary/aromatic N) is 1. The fourth-order valence-corrected chi connectivity index (χ4v) is 2.70. The molecule has 0 unspecified atom stereocenters. The van der Waals surface area contributed by atoms with Crippen LogP contribution in [-0.2, 0) is 4.79 Å². The Morgan fingerprint density at radius 2 is 1.83 bits per heavy atom. The zero-order chi connectivity index (χ0) is 17.5. The first-order valence-corrected chi connectivity index (χ1v) is 8.36. The highest BCUT2D eigenvalue weighted by Crippen LogP contribution is 2.21. The minimum Gasteiger partial charge on any atom is -0.497 e. The summed E-state index contributed by atoms with van der Waals surface area (Å²) in [5, 5.41) is 2.81. The van der Waals surface area contributed by atoms with E-state index in [2.05, 4.69) is 5.32 Å². The zero-order valence-corrected chi connectivity index (χ0v) is 14.7. The second-order valence-electron chi connectivity index (χ2n) is 5.29. The molecule has 0 fully saturated rings. The average Bonchev–Trinajstić information content (AvgIpc) is 2.60. The fraction of sp³-hybridized carbons (Fsp3) is 0.222. The van der Waals surface area contributed by atoms with Crippen molar-refractivity contribution in [3.63, 3.8) is 0 Å². The molecule has 0 aliphatic heterocycles. The molecule has 2 amide bonds. The Morgan fingerprint density at radius 3 is 2.46 bits per heavy atom. The van der Waals surface area contributed by atoms with Crippen molar-refractivity contribution in [2.45, 2.75) is 4.90 Å². The smallest absolute Gasteiger partial charge is 0.253 e. The van der Waals surface area contributed by atoms with Crippen molar-refractivity contribution in [1.82, 2.24) is 4.90 Å². The summed E-state index contributed by atoms with van der Waals surface area (Å²) in [5.41, 5.74) is 1.16. The molecule has 0 aliphatic carbocycles. The number of hydrogen-bond acceptors (Lipinski definition) is 4. The number of rotatable bonds is 6. The standard InChI is InChI=1S/C18H20N2O3S/c1-20(2)18(22)13-5-4-6-14(11-13)19-17(21)12-24-16-9-7-15(23-3)8-10-16/h4-11H,12H2,1-3H3,(H,19,21). The number of hydrogen-bond donors (Lipinski definition) is 1. The van der Waals surface area contributed by atoms with Crippen LogP contribution in [0.5, 0.6) is 5.75 Å². The third-order valence-corrected chi connectivity index (χ3v) is 4.24. The molecule has 0 spiro atoms. The van der Waals surface area contributed by atoms with E-state index in [1.807, 2.05) is 24.3 Å². The Morgan fingerprint density at radius 1 is 1.12 bits per heavy atom. The molecular formula is C18H20N2O3S. The van der Waals surface area contributed by atoms with Crippen LogP contribution >= 0.6 is 11.8 Å². The Hall–Kier alpha value is -2.47. The molecule has 24 heavy (non-hydrogen) atoms. The van der Waals surface area contributed by atoms with E-state index in [0.29, 0.717) is 11.3 Å². The first kappa shape index (κ1) is 17.9. The van der Waals surface area contributed by atoms with Crippen molar-refractivity contribution in [3.05, 3.63) is 54.1 Å². The minimum atomic E-state index is -0.120. The zero-order valence-electron chi connectivity index (χ0n) is 13.9. The quantitative estimate of drug-likeness (QED) is 0.818. The maximum Gasteiger partial charge on any atom is 0.253 e. The van der Waals surface area contributed by atoms with Gasteiger partial charge in [0.1, 0.15) is 5.75 Å². The van der Waals surface area contributed by atoms with E-state index in [9.17, 15) is 9.59 Å². The lowest BCUT2D eigenvalue weighted by molar-refractivity contribution is -0.113. The number of amides is 2. The van der Waals surface area contributed by atoms with Gasteiger partial charge in [0.15, 0.2) is 0 Å². The van der Waals surface area contributed by atoms with Crippen LogP contribution in [-0.4, -0.2) is 43.7 Å². The average molecular weight is 344 g/mol. The lowest BCUT2D eigenvalue weighted by atomic mass is 10.2. The van der Waals surface area contributed by atoms with Crippen LogP contribution in [0.2, 0.25) is 0 Å². The molecule has 1 N–H and O–H groups in total. The molecule has 0 aromatic heterocycles. The van der Waals surface area contributed by atoms with Crippen LogP contribution in [0.1, 0.15) is 10.4 Å². The molecule has 0 heterocycles. The summed E-state index contributed by atoms with van der Waals surface area (Å²) in [4.78, 5) is 26.5. The Labute approximate surface area is 146 Å². The summed E-state index contributed by atoms with van der Waals surface area (Å²) >= 11 is 1.44. The minimum absolute atomic E-state index is 0.0984. The van der Waals surface area contributed by atoms with Crippen molar-refractivity contribution in [3.8, 4) is 5.75 Å². The first-order valence-electron chi connectivity index (χ1n) is 7.38. The number of carbonyl (C=O) groups is 2. The van der Waals surface area contributed by atoms with Gasteiger partial charge in [-0.3, -0.25) is 9.59 Å². The van der Waals surface area contributed by atoms with E-state index in [1.165, 1.54) is 16.7 Å². The van der Waals surface area contributed by atoms with Crippen LogP contribution in [0.15, 0.2) is 53.4 Å². The molecule has 2 rings (SSSR count). The highest BCUT2D eigenvalue weighted by Gasteiger charge is 2.10. The topological polar surface area (TPSA) is 58.6 Å². The second-order valence-corrected chi connectivity index (χ2v) is 6.34. The molecule has 0 radical (unpaired) electrons. The molecule has 2 aromatic rings. The van der Waals surface area contributed by atoms with Crippen molar-refractivity contribution < 1.29 is 14.3 Å². The summed E-state index contributed by atoms with van der Waals surface area (Å²) in [6.45, 7) is 0. The number of thioether (sulfide) groups is 1. The SMILES string of the molecule is COc1ccc(SCC(=O)Nc2cccc(C(=O)N(C)C)c2)cc1. The van der Waals surface area contributed by atoms with E-state index in [4.69, 9.17) is 4.74 Å². The predicted octanol–water partition coefficient (Wildman–Crippen LogP) is 3.13. The highest BCUT2D eigenvalue weighted by atomic mass is 32.2. The van der Waals surface area contributed by atoms with Gasteiger partial charge in [0.05, 0.1) is 12.9 Å². The molecular weight excluding hydrogens is 324 g/mol. The Kier molecular flexibility index (Phi) is 6.26. The molecule has 0 bridgehead atoms. The van der Waals surface area contributed by atoms with E-state index < -0.39 is 0 Å². The predicted molar refractivity (Wildman–Crippen MR) is 96.8 cm³/mol. The van der Waals surface area contributed by atoms with Gasteiger partial charge in [0.25, 0.3) is 5.91 Å². The number of nitrogens with one attached hydrogen (secondary N) is 1. The van der Waals surface area contributed by atoms with Crippen LogP contribution in [0, 0.1) is 0 Å². The number of methoxy groups -OCH3 is 1. The Bertz CT molecular complexity index is 714. The van der Waals surface area contributed by atoms with Gasteiger partial charge in [-0.05, 0) is 42.5 Å². The largest absolute Gasteiger partial charge is 0.497 e. The van der Waals surface area contributed by atoms with Crippen LogP contribution < -0.4 is 10.1 Å². The van der Waals surface area contributed by atoms with E-state index >= 15 is 0 Å². The van der Waals surface area contributed by atoms with Crippen molar-refractivity contribution >= 4 is 29.3 Å². The lowest BCUT2D eigenvalue weighted by Gasteiger charge is -2.11. The Balaban J connectivity index is 1.92. The van der Waals surface area contributed by atoms with Crippen molar-refractivity contribution in [1.29, 1.82) is 0 Å². The maximum atomic E-state index is 12.1. The molecule has 0 saturated carbocycles. The third kappa shape index (κ3) is 5.03. The van der Waals surface area contributed by atoms with Crippen LogP contribution in [0.3, 0.4) is 0 Å². The molecule has 0 saturated heterocycles. The fourth-order valence-electron chi connectivity index (χ4n) is 2.01. The normalized spacial score (nSPS) is 10.1. The molecule has 6 heteroatoms. The van der Waals surface area contributed by atoms with Crippen LogP contribution in [0.4, 0.5) is 5.69 Å². The lowest BCUT2D eigenvalue weighted by Crippen LogP contribution is -2.22. The molecule has 5 nitrogen and oxygen atoms in total. The maximum absolute atomic E-state index is 12.1. The van der Waals surface area contributed by atoms with Gasteiger partial charge < -0.3 is 15.0 Å².